The SMILES string of the molecule is CCOc1ccccc1OCCN1CC(C)OC(CCl)C1. The van der Waals surface area contributed by atoms with Gasteiger partial charge in [-0.15, -0.1) is 11.6 Å². The lowest BCUT2D eigenvalue weighted by atomic mass is 10.2. The first-order valence-electron chi connectivity index (χ1n) is 7.51. The minimum Gasteiger partial charge on any atom is -0.490 e. The standard InChI is InChI=1S/C16H24ClNO3/c1-3-19-15-6-4-5-7-16(15)20-9-8-18-11-13(2)21-14(10-17)12-18/h4-7,13-14H,3,8-12H2,1-2H3. The smallest absolute Gasteiger partial charge is 0.161 e. The van der Waals surface area contributed by atoms with Gasteiger partial charge in [-0.05, 0) is 26.0 Å². The number of rotatable bonds is 7. The second kappa shape index (κ2) is 8.47. The number of nitrogens with zero attached hydrogens (tertiary/aromatic N) is 1. The van der Waals surface area contributed by atoms with Crippen LogP contribution < -0.4 is 9.47 Å². The highest BCUT2D eigenvalue weighted by Gasteiger charge is 2.24. The minimum absolute atomic E-state index is 0.117. The molecule has 2 unspecified atom stereocenters. The summed E-state index contributed by atoms with van der Waals surface area (Å²) in [7, 11) is 0. The first-order chi connectivity index (χ1) is 10.2. The van der Waals surface area contributed by atoms with Crippen LogP contribution in [0.15, 0.2) is 24.3 Å². The van der Waals surface area contributed by atoms with Gasteiger partial charge >= 0.3 is 0 Å². The van der Waals surface area contributed by atoms with Crippen molar-refractivity contribution in [1.82, 2.24) is 4.90 Å². The Kier molecular flexibility index (Phi) is 6.61. The molecule has 1 saturated heterocycles. The largest absolute Gasteiger partial charge is 0.490 e. The van der Waals surface area contributed by atoms with Gasteiger partial charge in [0.05, 0.1) is 18.8 Å². The Morgan fingerprint density at radius 1 is 1.24 bits per heavy atom. The van der Waals surface area contributed by atoms with Crippen molar-refractivity contribution in [2.45, 2.75) is 26.1 Å². The third-order valence-corrected chi connectivity index (χ3v) is 3.73. The Morgan fingerprint density at radius 2 is 1.95 bits per heavy atom. The molecule has 1 aliphatic rings. The van der Waals surface area contributed by atoms with Crippen molar-refractivity contribution < 1.29 is 14.2 Å². The van der Waals surface area contributed by atoms with Gasteiger partial charge in [0.1, 0.15) is 6.61 Å². The van der Waals surface area contributed by atoms with E-state index >= 15 is 0 Å². The molecule has 2 atom stereocenters. The van der Waals surface area contributed by atoms with Crippen molar-refractivity contribution in [2.24, 2.45) is 0 Å². The van der Waals surface area contributed by atoms with Gasteiger partial charge < -0.3 is 14.2 Å². The average molecular weight is 314 g/mol. The zero-order chi connectivity index (χ0) is 15.1. The third kappa shape index (κ3) is 5.06. The number of benzene rings is 1. The van der Waals surface area contributed by atoms with Gasteiger partial charge in [0.15, 0.2) is 11.5 Å². The summed E-state index contributed by atoms with van der Waals surface area (Å²) in [5, 5.41) is 0. The topological polar surface area (TPSA) is 30.9 Å². The fourth-order valence-corrected chi connectivity index (χ4v) is 2.71. The molecule has 0 radical (unpaired) electrons. The highest BCUT2D eigenvalue weighted by Crippen LogP contribution is 2.26. The Morgan fingerprint density at radius 3 is 2.62 bits per heavy atom. The minimum atomic E-state index is 0.117. The molecule has 118 valence electrons. The van der Waals surface area contributed by atoms with Crippen molar-refractivity contribution >= 4 is 11.6 Å². The van der Waals surface area contributed by atoms with E-state index in [1.807, 2.05) is 31.2 Å². The number of ether oxygens (including phenoxy) is 3. The van der Waals surface area contributed by atoms with Crippen LogP contribution in [0, 0.1) is 0 Å². The van der Waals surface area contributed by atoms with E-state index < -0.39 is 0 Å². The number of hydrogen-bond donors (Lipinski definition) is 0. The Balaban J connectivity index is 1.81. The lowest BCUT2D eigenvalue weighted by molar-refractivity contribution is -0.0684. The molecule has 0 bridgehead atoms. The molecule has 1 fully saturated rings. The molecule has 21 heavy (non-hydrogen) atoms. The molecule has 1 heterocycles. The van der Waals surface area contributed by atoms with Gasteiger partial charge in [-0.3, -0.25) is 4.90 Å². The number of hydrogen-bond acceptors (Lipinski definition) is 4. The number of halogens is 1. The van der Waals surface area contributed by atoms with Gasteiger partial charge in [-0.2, -0.15) is 0 Å². The molecule has 0 aromatic heterocycles. The number of alkyl halides is 1. The van der Waals surface area contributed by atoms with E-state index in [9.17, 15) is 0 Å². The van der Waals surface area contributed by atoms with E-state index in [4.69, 9.17) is 25.8 Å². The summed E-state index contributed by atoms with van der Waals surface area (Å²) in [5.41, 5.74) is 0. The summed E-state index contributed by atoms with van der Waals surface area (Å²) in [6, 6.07) is 7.78. The highest BCUT2D eigenvalue weighted by molar-refractivity contribution is 6.18. The van der Waals surface area contributed by atoms with Crippen molar-refractivity contribution in [3.63, 3.8) is 0 Å². The van der Waals surface area contributed by atoms with Gasteiger partial charge in [0.2, 0.25) is 0 Å². The van der Waals surface area contributed by atoms with Crippen LogP contribution in [0.3, 0.4) is 0 Å². The molecule has 2 rings (SSSR count). The second-order valence-corrected chi connectivity index (χ2v) is 5.52. The maximum Gasteiger partial charge on any atom is 0.161 e. The van der Waals surface area contributed by atoms with Gasteiger partial charge in [-0.1, -0.05) is 12.1 Å². The van der Waals surface area contributed by atoms with Gasteiger partial charge in [0.25, 0.3) is 0 Å². The maximum atomic E-state index is 5.90. The van der Waals surface area contributed by atoms with Crippen molar-refractivity contribution in [3.8, 4) is 11.5 Å². The molecule has 0 aliphatic carbocycles. The first kappa shape index (κ1) is 16.4. The molecule has 1 aromatic rings. The summed E-state index contributed by atoms with van der Waals surface area (Å²) in [4.78, 5) is 2.34. The lowest BCUT2D eigenvalue weighted by Gasteiger charge is -2.35. The van der Waals surface area contributed by atoms with E-state index in [0.717, 1.165) is 31.1 Å². The van der Waals surface area contributed by atoms with Crippen LogP contribution in [0.2, 0.25) is 0 Å². The summed E-state index contributed by atoms with van der Waals surface area (Å²) in [5.74, 6) is 2.14. The van der Waals surface area contributed by atoms with Crippen LogP contribution in [0.4, 0.5) is 0 Å². The summed E-state index contributed by atoms with van der Waals surface area (Å²) < 4.78 is 17.2. The normalized spacial score (nSPS) is 23.0. The molecular weight excluding hydrogens is 290 g/mol. The molecular formula is C16H24ClNO3. The van der Waals surface area contributed by atoms with Crippen LogP contribution in [0.25, 0.3) is 0 Å². The zero-order valence-corrected chi connectivity index (χ0v) is 13.5. The van der Waals surface area contributed by atoms with Crippen molar-refractivity contribution in [1.29, 1.82) is 0 Å². The predicted octanol–water partition coefficient (Wildman–Crippen LogP) is 2.79. The summed E-state index contributed by atoms with van der Waals surface area (Å²) in [6.45, 7) is 7.97. The maximum absolute atomic E-state index is 5.90. The van der Waals surface area contributed by atoms with Crippen LogP contribution in [0.5, 0.6) is 11.5 Å². The molecule has 0 saturated carbocycles. The van der Waals surface area contributed by atoms with E-state index in [2.05, 4.69) is 11.8 Å². The van der Waals surface area contributed by atoms with Crippen LogP contribution in [0.1, 0.15) is 13.8 Å². The number of morpholine rings is 1. The number of para-hydroxylation sites is 2. The molecule has 1 aliphatic heterocycles. The lowest BCUT2D eigenvalue weighted by Crippen LogP contribution is -2.48. The van der Waals surface area contributed by atoms with Gasteiger partial charge in [-0.25, -0.2) is 0 Å². The van der Waals surface area contributed by atoms with Gasteiger partial charge in [0, 0.05) is 25.5 Å². The molecule has 1 aromatic carbocycles. The fraction of sp³-hybridized carbons (Fsp3) is 0.625. The van der Waals surface area contributed by atoms with E-state index in [1.165, 1.54) is 0 Å². The zero-order valence-electron chi connectivity index (χ0n) is 12.8. The molecule has 5 heteroatoms. The third-order valence-electron chi connectivity index (χ3n) is 3.39. The van der Waals surface area contributed by atoms with Crippen molar-refractivity contribution in [3.05, 3.63) is 24.3 Å². The van der Waals surface area contributed by atoms with Crippen molar-refractivity contribution in [2.75, 3.05) is 38.7 Å². The predicted molar refractivity (Wildman–Crippen MR) is 84.6 cm³/mol. The molecule has 0 N–H and O–H groups in total. The second-order valence-electron chi connectivity index (χ2n) is 5.21. The highest BCUT2D eigenvalue weighted by atomic mass is 35.5. The Labute approximate surface area is 131 Å². The molecule has 0 spiro atoms. The summed E-state index contributed by atoms with van der Waals surface area (Å²) >= 11 is 5.90. The quantitative estimate of drug-likeness (QED) is 0.724. The van der Waals surface area contributed by atoms with Crippen LogP contribution in [-0.4, -0.2) is 55.8 Å². The van der Waals surface area contributed by atoms with E-state index in [1.54, 1.807) is 0 Å². The van der Waals surface area contributed by atoms with Crippen LogP contribution in [-0.2, 0) is 4.74 Å². The molecule has 0 amide bonds. The monoisotopic (exact) mass is 313 g/mol. The van der Waals surface area contributed by atoms with E-state index in [-0.39, 0.29) is 12.2 Å². The summed E-state index contributed by atoms with van der Waals surface area (Å²) in [6.07, 6.45) is 0.337. The average Bonchev–Trinajstić information content (AvgIpc) is 2.48. The van der Waals surface area contributed by atoms with E-state index in [0.29, 0.717) is 19.1 Å². The fourth-order valence-electron chi connectivity index (χ4n) is 2.54. The Bertz CT molecular complexity index is 430. The molecule has 4 nitrogen and oxygen atoms in total. The Hall–Kier alpha value is -0.970. The van der Waals surface area contributed by atoms with Crippen LogP contribution >= 0.6 is 11.6 Å². The first-order valence-corrected chi connectivity index (χ1v) is 8.04.